The predicted octanol–water partition coefficient (Wildman–Crippen LogP) is 2.14. The van der Waals surface area contributed by atoms with Gasteiger partial charge in [-0.2, -0.15) is 0 Å². The maximum absolute atomic E-state index is 12.2. The van der Waals surface area contributed by atoms with Gasteiger partial charge in [-0.25, -0.2) is 4.79 Å². The van der Waals surface area contributed by atoms with Crippen LogP contribution in [0, 0.1) is 5.41 Å². The maximum atomic E-state index is 12.2. The van der Waals surface area contributed by atoms with Crippen molar-refractivity contribution in [2.24, 2.45) is 5.41 Å². The highest BCUT2D eigenvalue weighted by molar-refractivity contribution is 5.77. The van der Waals surface area contributed by atoms with Crippen molar-refractivity contribution < 1.29 is 24.2 Å². The van der Waals surface area contributed by atoms with E-state index in [-0.39, 0.29) is 19.8 Å². The summed E-state index contributed by atoms with van der Waals surface area (Å²) in [7, 11) is 1.47. The Hall–Kier alpha value is -2.08. The van der Waals surface area contributed by atoms with Gasteiger partial charge in [0.1, 0.15) is 12.0 Å². The summed E-state index contributed by atoms with van der Waals surface area (Å²) in [6.45, 7) is 0.890. The Morgan fingerprint density at radius 2 is 2.05 bits per heavy atom. The number of benzene rings is 1. The molecule has 1 aromatic carbocycles. The minimum Gasteiger partial charge on any atom is -0.481 e. The fourth-order valence-electron chi connectivity index (χ4n) is 2.73. The minimum atomic E-state index is -1.04. The summed E-state index contributed by atoms with van der Waals surface area (Å²) in [4.78, 5) is 25.2. The van der Waals surface area contributed by atoms with Crippen LogP contribution in [0.15, 0.2) is 30.3 Å². The monoisotopic (exact) mass is 307 g/mol. The van der Waals surface area contributed by atoms with Crippen LogP contribution in [-0.2, 0) is 20.9 Å². The van der Waals surface area contributed by atoms with Crippen LogP contribution in [0.25, 0.3) is 0 Å². The van der Waals surface area contributed by atoms with Gasteiger partial charge in [-0.1, -0.05) is 30.3 Å². The number of likely N-dealkylation sites (tertiary alicyclic amines) is 1. The molecule has 6 heteroatoms. The molecule has 1 amide bonds. The van der Waals surface area contributed by atoms with Crippen LogP contribution < -0.4 is 0 Å². The second kappa shape index (κ2) is 7.26. The molecule has 1 N–H and O–H groups in total. The Labute approximate surface area is 129 Å². The number of carbonyl (C=O) groups excluding carboxylic acids is 1. The first-order chi connectivity index (χ1) is 10.6. The number of hydrogen-bond acceptors (Lipinski definition) is 4. The minimum absolute atomic E-state index is 0.0881. The average molecular weight is 307 g/mol. The summed E-state index contributed by atoms with van der Waals surface area (Å²) in [5, 5.41) is 9.47. The lowest BCUT2D eigenvalue weighted by atomic mass is 9.81. The van der Waals surface area contributed by atoms with Gasteiger partial charge in [0.15, 0.2) is 0 Å². The van der Waals surface area contributed by atoms with Crippen LogP contribution in [0.2, 0.25) is 0 Å². The number of rotatable bonds is 5. The highest BCUT2D eigenvalue weighted by Gasteiger charge is 2.44. The molecule has 0 aliphatic carbocycles. The quantitative estimate of drug-likeness (QED) is 0.902. The van der Waals surface area contributed by atoms with E-state index in [1.807, 2.05) is 30.3 Å². The van der Waals surface area contributed by atoms with Gasteiger partial charge in [0.25, 0.3) is 0 Å². The molecule has 1 aliphatic rings. The second-order valence-electron chi connectivity index (χ2n) is 5.58. The molecular formula is C16H21NO5. The molecule has 0 bridgehead atoms. The molecule has 1 heterocycles. The second-order valence-corrected chi connectivity index (χ2v) is 5.58. The number of hydrogen-bond donors (Lipinski definition) is 1. The Kier molecular flexibility index (Phi) is 5.38. The third-order valence-electron chi connectivity index (χ3n) is 3.91. The van der Waals surface area contributed by atoms with Crippen LogP contribution in [0.4, 0.5) is 4.79 Å². The van der Waals surface area contributed by atoms with Crippen LogP contribution in [0.1, 0.15) is 18.4 Å². The summed E-state index contributed by atoms with van der Waals surface area (Å²) < 4.78 is 10.3. The highest BCUT2D eigenvalue weighted by atomic mass is 16.6. The molecule has 1 fully saturated rings. The van der Waals surface area contributed by atoms with Crippen molar-refractivity contribution >= 4 is 12.1 Å². The molecule has 6 nitrogen and oxygen atoms in total. The number of carboxylic acids is 1. The van der Waals surface area contributed by atoms with E-state index in [2.05, 4.69) is 0 Å². The van der Waals surface area contributed by atoms with E-state index < -0.39 is 17.5 Å². The Balaban J connectivity index is 1.96. The summed E-state index contributed by atoms with van der Waals surface area (Å²) in [6.07, 6.45) is 0.639. The van der Waals surface area contributed by atoms with Crippen molar-refractivity contribution in [3.63, 3.8) is 0 Å². The van der Waals surface area contributed by atoms with Gasteiger partial charge in [-0.3, -0.25) is 4.79 Å². The van der Waals surface area contributed by atoms with E-state index in [1.54, 1.807) is 0 Å². The molecule has 22 heavy (non-hydrogen) atoms. The van der Waals surface area contributed by atoms with E-state index in [0.717, 1.165) is 5.56 Å². The molecule has 1 aromatic rings. The van der Waals surface area contributed by atoms with Gasteiger partial charge in [0.2, 0.25) is 0 Å². The Morgan fingerprint density at radius 1 is 1.32 bits per heavy atom. The molecule has 1 aliphatic heterocycles. The molecule has 0 aromatic heterocycles. The molecule has 1 saturated heterocycles. The summed E-state index contributed by atoms with van der Waals surface area (Å²) in [6, 6.07) is 9.38. The van der Waals surface area contributed by atoms with Crippen molar-refractivity contribution in [3.05, 3.63) is 35.9 Å². The van der Waals surface area contributed by atoms with Gasteiger partial charge >= 0.3 is 12.1 Å². The number of piperidine rings is 1. The van der Waals surface area contributed by atoms with Gasteiger partial charge in [0, 0.05) is 20.2 Å². The van der Waals surface area contributed by atoms with Crippen molar-refractivity contribution in [2.45, 2.75) is 19.4 Å². The smallest absolute Gasteiger partial charge is 0.410 e. The van der Waals surface area contributed by atoms with Gasteiger partial charge in [-0.15, -0.1) is 0 Å². The largest absolute Gasteiger partial charge is 0.481 e. The zero-order valence-electron chi connectivity index (χ0n) is 12.7. The standard InChI is InChI=1S/C16H21NO5/c1-21-12-16(14(18)19)8-5-9-17(11-16)15(20)22-10-13-6-3-2-4-7-13/h2-4,6-7H,5,8-12H2,1H3,(H,18,19). The SMILES string of the molecule is COCC1(C(=O)O)CCCN(C(=O)OCc2ccccc2)C1. The summed E-state index contributed by atoms with van der Waals surface area (Å²) in [5.41, 5.74) is -0.145. The van der Waals surface area contributed by atoms with Crippen LogP contribution in [0.3, 0.4) is 0 Å². The third-order valence-corrected chi connectivity index (χ3v) is 3.91. The number of amides is 1. The molecular weight excluding hydrogens is 286 g/mol. The van der Waals surface area contributed by atoms with Crippen molar-refractivity contribution in [1.29, 1.82) is 0 Å². The van der Waals surface area contributed by atoms with Crippen LogP contribution in [0.5, 0.6) is 0 Å². The average Bonchev–Trinajstić information content (AvgIpc) is 2.54. The normalized spacial score (nSPS) is 21.4. The number of aliphatic carboxylic acids is 1. The molecule has 0 spiro atoms. The molecule has 1 unspecified atom stereocenters. The number of nitrogens with zero attached hydrogens (tertiary/aromatic N) is 1. The third kappa shape index (κ3) is 3.76. The molecule has 0 radical (unpaired) electrons. The number of methoxy groups -OCH3 is 1. The lowest BCUT2D eigenvalue weighted by Gasteiger charge is -2.38. The molecule has 1 atom stereocenters. The van der Waals surface area contributed by atoms with Crippen molar-refractivity contribution in [3.8, 4) is 0 Å². The van der Waals surface area contributed by atoms with Crippen LogP contribution in [-0.4, -0.2) is 48.9 Å². The van der Waals surface area contributed by atoms with Gasteiger partial charge < -0.3 is 19.5 Å². The number of ether oxygens (including phenoxy) is 2. The van der Waals surface area contributed by atoms with Gasteiger partial charge in [0.05, 0.1) is 6.61 Å². The van der Waals surface area contributed by atoms with E-state index in [1.165, 1.54) is 12.0 Å². The molecule has 0 saturated carbocycles. The lowest BCUT2D eigenvalue weighted by molar-refractivity contribution is -0.156. The number of carbonyl (C=O) groups is 2. The maximum Gasteiger partial charge on any atom is 0.410 e. The van der Waals surface area contributed by atoms with Gasteiger partial charge in [-0.05, 0) is 18.4 Å². The first kappa shape index (κ1) is 16.3. The first-order valence-electron chi connectivity index (χ1n) is 7.25. The zero-order chi connectivity index (χ0) is 16.0. The Bertz CT molecular complexity index is 515. The fourth-order valence-corrected chi connectivity index (χ4v) is 2.73. The summed E-state index contributed by atoms with van der Waals surface area (Å²) in [5.74, 6) is -0.935. The first-order valence-corrected chi connectivity index (χ1v) is 7.25. The Morgan fingerprint density at radius 3 is 2.68 bits per heavy atom. The summed E-state index contributed by atoms with van der Waals surface area (Å²) >= 11 is 0. The lowest BCUT2D eigenvalue weighted by Crippen LogP contribution is -2.52. The van der Waals surface area contributed by atoms with E-state index in [9.17, 15) is 14.7 Å². The molecule has 120 valence electrons. The topological polar surface area (TPSA) is 76.1 Å². The van der Waals surface area contributed by atoms with E-state index in [4.69, 9.17) is 9.47 Å². The van der Waals surface area contributed by atoms with Crippen LogP contribution >= 0.6 is 0 Å². The predicted molar refractivity (Wildman–Crippen MR) is 79.4 cm³/mol. The number of carboxylic acid groups (broad SMARTS) is 1. The fraction of sp³-hybridized carbons (Fsp3) is 0.500. The van der Waals surface area contributed by atoms with E-state index >= 15 is 0 Å². The van der Waals surface area contributed by atoms with Crippen molar-refractivity contribution in [2.75, 3.05) is 26.8 Å². The molecule has 2 rings (SSSR count). The van der Waals surface area contributed by atoms with E-state index in [0.29, 0.717) is 19.4 Å². The highest BCUT2D eigenvalue weighted by Crippen LogP contribution is 2.31. The van der Waals surface area contributed by atoms with Crippen molar-refractivity contribution in [1.82, 2.24) is 4.90 Å². The zero-order valence-corrected chi connectivity index (χ0v) is 12.7.